The fraction of sp³-hybridized carbons (Fsp3) is 0. The SMILES string of the molecule is Brc1ccc2[nH]cc(-c3nn4cc(-c5nccs5)nc4s3)c2c1. The molecule has 0 aliphatic rings. The van der Waals surface area contributed by atoms with Gasteiger partial charge >= 0.3 is 0 Å². The van der Waals surface area contributed by atoms with Crippen molar-refractivity contribution in [3.63, 3.8) is 0 Å². The molecule has 8 heteroatoms. The van der Waals surface area contributed by atoms with Crippen LogP contribution in [0, 0.1) is 0 Å². The van der Waals surface area contributed by atoms with Crippen LogP contribution < -0.4 is 0 Å². The van der Waals surface area contributed by atoms with E-state index in [-0.39, 0.29) is 0 Å². The number of imidazole rings is 1. The maximum Gasteiger partial charge on any atom is 0.213 e. The lowest BCUT2D eigenvalue weighted by molar-refractivity contribution is 0.979. The van der Waals surface area contributed by atoms with Crippen LogP contribution in [0.25, 0.3) is 37.1 Å². The Bertz CT molecular complexity index is 1100. The van der Waals surface area contributed by atoms with Gasteiger partial charge in [0.25, 0.3) is 0 Å². The van der Waals surface area contributed by atoms with Gasteiger partial charge in [0.2, 0.25) is 4.96 Å². The summed E-state index contributed by atoms with van der Waals surface area (Å²) >= 11 is 6.68. The minimum atomic E-state index is 0.868. The summed E-state index contributed by atoms with van der Waals surface area (Å²) in [6.07, 6.45) is 5.71. The highest BCUT2D eigenvalue weighted by atomic mass is 79.9. The van der Waals surface area contributed by atoms with Crippen molar-refractivity contribution in [3.05, 3.63) is 46.6 Å². The van der Waals surface area contributed by atoms with Crippen LogP contribution in [0.4, 0.5) is 0 Å². The molecule has 4 aromatic heterocycles. The van der Waals surface area contributed by atoms with E-state index >= 15 is 0 Å². The number of hydrogen-bond donors (Lipinski definition) is 1. The molecule has 23 heavy (non-hydrogen) atoms. The number of H-pyrrole nitrogens is 1. The van der Waals surface area contributed by atoms with E-state index in [1.807, 2.05) is 28.4 Å². The van der Waals surface area contributed by atoms with E-state index < -0.39 is 0 Å². The molecule has 0 fully saturated rings. The molecule has 0 saturated carbocycles. The third-order valence-corrected chi connectivity index (χ3v) is 5.81. The van der Waals surface area contributed by atoms with Crippen molar-refractivity contribution >= 4 is 54.5 Å². The van der Waals surface area contributed by atoms with Crippen LogP contribution >= 0.6 is 38.6 Å². The molecule has 0 atom stereocenters. The van der Waals surface area contributed by atoms with Crippen molar-refractivity contribution in [2.75, 3.05) is 0 Å². The van der Waals surface area contributed by atoms with Gasteiger partial charge in [-0.1, -0.05) is 27.3 Å². The number of rotatable bonds is 2. The molecule has 0 aliphatic carbocycles. The van der Waals surface area contributed by atoms with Crippen LogP contribution in [-0.2, 0) is 0 Å². The van der Waals surface area contributed by atoms with E-state index in [0.717, 1.165) is 41.6 Å². The molecule has 0 aliphatic heterocycles. The summed E-state index contributed by atoms with van der Waals surface area (Å²) < 4.78 is 2.88. The standard InChI is InChI=1S/C15H8BrN5S2/c16-8-1-2-11-9(5-8)10(6-18-11)13-20-21-7-12(19-15(21)23-13)14-17-3-4-22-14/h1-7,18H. The molecule has 0 amide bonds. The van der Waals surface area contributed by atoms with Gasteiger partial charge in [-0.3, -0.25) is 0 Å². The van der Waals surface area contributed by atoms with Crippen molar-refractivity contribution in [3.8, 4) is 21.3 Å². The smallest absolute Gasteiger partial charge is 0.213 e. The van der Waals surface area contributed by atoms with Crippen LogP contribution in [0.15, 0.2) is 46.6 Å². The summed E-state index contributed by atoms with van der Waals surface area (Å²) in [6, 6.07) is 6.19. The quantitative estimate of drug-likeness (QED) is 0.460. The van der Waals surface area contributed by atoms with Crippen LogP contribution in [-0.4, -0.2) is 24.6 Å². The average molecular weight is 402 g/mol. The van der Waals surface area contributed by atoms with Crippen LogP contribution in [0.2, 0.25) is 0 Å². The molecule has 0 spiro atoms. The van der Waals surface area contributed by atoms with Gasteiger partial charge in [0.15, 0.2) is 0 Å². The number of nitrogens with zero attached hydrogens (tertiary/aromatic N) is 4. The van der Waals surface area contributed by atoms with E-state index in [0.29, 0.717) is 0 Å². The zero-order valence-corrected chi connectivity index (χ0v) is 14.7. The van der Waals surface area contributed by atoms with Crippen molar-refractivity contribution in [1.82, 2.24) is 24.6 Å². The van der Waals surface area contributed by atoms with Crippen molar-refractivity contribution in [1.29, 1.82) is 0 Å². The van der Waals surface area contributed by atoms with E-state index in [2.05, 4.69) is 48.1 Å². The molecule has 0 unspecified atom stereocenters. The number of benzene rings is 1. The van der Waals surface area contributed by atoms with Crippen LogP contribution in [0.5, 0.6) is 0 Å². The predicted octanol–water partition coefficient (Wildman–Crippen LogP) is 4.83. The second-order valence-corrected chi connectivity index (χ2v) is 7.76. The Morgan fingerprint density at radius 3 is 3.00 bits per heavy atom. The van der Waals surface area contributed by atoms with Gasteiger partial charge in [-0.05, 0) is 18.2 Å². The number of aromatic amines is 1. The van der Waals surface area contributed by atoms with Gasteiger partial charge in [-0.2, -0.15) is 5.10 Å². The third-order valence-electron chi connectivity index (χ3n) is 3.57. The summed E-state index contributed by atoms with van der Waals surface area (Å²) in [5.41, 5.74) is 3.05. The van der Waals surface area contributed by atoms with Gasteiger partial charge in [0.05, 0.1) is 6.20 Å². The zero-order valence-electron chi connectivity index (χ0n) is 11.5. The second-order valence-electron chi connectivity index (χ2n) is 4.99. The fourth-order valence-corrected chi connectivity index (χ4v) is 4.40. The predicted molar refractivity (Wildman–Crippen MR) is 97.0 cm³/mol. The summed E-state index contributed by atoms with van der Waals surface area (Å²) in [5, 5.41) is 9.64. The maximum atomic E-state index is 4.68. The van der Waals surface area contributed by atoms with Gasteiger partial charge in [0, 0.05) is 38.7 Å². The summed E-state index contributed by atoms with van der Waals surface area (Å²) in [6.45, 7) is 0. The number of hydrogen-bond acceptors (Lipinski definition) is 5. The Kier molecular flexibility index (Phi) is 2.91. The van der Waals surface area contributed by atoms with E-state index in [4.69, 9.17) is 0 Å². The monoisotopic (exact) mass is 401 g/mol. The molecule has 4 heterocycles. The van der Waals surface area contributed by atoms with Gasteiger partial charge in [-0.25, -0.2) is 14.5 Å². The minimum absolute atomic E-state index is 0.868. The largest absolute Gasteiger partial charge is 0.360 e. The first-order valence-electron chi connectivity index (χ1n) is 6.81. The van der Waals surface area contributed by atoms with Gasteiger partial charge in [-0.15, -0.1) is 11.3 Å². The highest BCUT2D eigenvalue weighted by Crippen LogP contribution is 2.34. The van der Waals surface area contributed by atoms with E-state index in [1.54, 1.807) is 28.9 Å². The molecular weight excluding hydrogens is 394 g/mol. The van der Waals surface area contributed by atoms with Crippen LogP contribution in [0.3, 0.4) is 0 Å². The molecule has 112 valence electrons. The Labute approximate surface area is 146 Å². The number of aromatic nitrogens is 5. The van der Waals surface area contributed by atoms with E-state index in [9.17, 15) is 0 Å². The molecule has 0 radical (unpaired) electrons. The molecule has 1 N–H and O–H groups in total. The fourth-order valence-electron chi connectivity index (χ4n) is 2.53. The topological polar surface area (TPSA) is 58.9 Å². The molecule has 0 saturated heterocycles. The van der Waals surface area contributed by atoms with Crippen molar-refractivity contribution < 1.29 is 0 Å². The van der Waals surface area contributed by atoms with Gasteiger partial charge < -0.3 is 4.98 Å². The molecular formula is C15H8BrN5S2. The maximum absolute atomic E-state index is 4.68. The Morgan fingerprint density at radius 1 is 1.22 bits per heavy atom. The first-order chi connectivity index (χ1) is 11.3. The lowest BCUT2D eigenvalue weighted by atomic mass is 10.2. The molecule has 5 rings (SSSR count). The van der Waals surface area contributed by atoms with Crippen molar-refractivity contribution in [2.24, 2.45) is 0 Å². The average Bonchev–Trinajstić information content (AvgIpc) is 3.28. The summed E-state index contributed by atoms with van der Waals surface area (Å²) in [5.74, 6) is 0. The lowest BCUT2D eigenvalue weighted by Crippen LogP contribution is -1.81. The zero-order chi connectivity index (χ0) is 15.4. The number of halogens is 1. The number of thiazole rings is 1. The Morgan fingerprint density at radius 2 is 2.17 bits per heavy atom. The molecule has 1 aromatic carbocycles. The number of nitrogens with one attached hydrogen (secondary N) is 1. The second kappa shape index (κ2) is 4.98. The lowest BCUT2D eigenvalue weighted by Gasteiger charge is -1.94. The van der Waals surface area contributed by atoms with E-state index in [1.165, 1.54) is 0 Å². The van der Waals surface area contributed by atoms with Gasteiger partial charge in [0.1, 0.15) is 15.7 Å². The van der Waals surface area contributed by atoms with Crippen LogP contribution in [0.1, 0.15) is 0 Å². The number of fused-ring (bicyclic) bond motifs is 2. The first kappa shape index (κ1) is 13.4. The molecule has 0 bridgehead atoms. The first-order valence-corrected chi connectivity index (χ1v) is 9.30. The highest BCUT2D eigenvalue weighted by molar-refractivity contribution is 9.10. The summed E-state index contributed by atoms with van der Waals surface area (Å²) in [4.78, 5) is 13.1. The third kappa shape index (κ3) is 2.13. The molecule has 5 nitrogen and oxygen atoms in total. The highest BCUT2D eigenvalue weighted by Gasteiger charge is 2.15. The summed E-state index contributed by atoms with van der Waals surface area (Å²) in [7, 11) is 0. The Hall–Kier alpha value is -2.03. The van der Waals surface area contributed by atoms with Crippen molar-refractivity contribution in [2.45, 2.75) is 0 Å². The normalized spacial score (nSPS) is 11.7. The minimum Gasteiger partial charge on any atom is -0.360 e. The Balaban J connectivity index is 1.65. The molecule has 5 aromatic rings.